The fourth-order valence-corrected chi connectivity index (χ4v) is 3.55. The summed E-state index contributed by atoms with van der Waals surface area (Å²) in [5.41, 5.74) is 8.05. The average Bonchev–Trinajstić information content (AvgIpc) is 2.70. The number of benzene rings is 3. The van der Waals surface area contributed by atoms with Crippen molar-refractivity contribution in [2.75, 3.05) is 0 Å². The Bertz CT molecular complexity index is 980. The van der Waals surface area contributed by atoms with E-state index in [0.717, 1.165) is 16.6 Å². The highest BCUT2D eigenvalue weighted by Gasteiger charge is 2.17. The van der Waals surface area contributed by atoms with Crippen LogP contribution in [-0.2, 0) is 0 Å². The molecule has 0 aliphatic heterocycles. The largest absolute Gasteiger partial charge is 0.256 e. The topological polar surface area (TPSA) is 12.9 Å². The maximum atomic E-state index is 4.68. The molecule has 0 amide bonds. The molecule has 0 saturated heterocycles. The van der Waals surface area contributed by atoms with Gasteiger partial charge in [-0.05, 0) is 16.7 Å². The van der Waals surface area contributed by atoms with E-state index in [-0.39, 0.29) is 0 Å². The van der Waals surface area contributed by atoms with Crippen LogP contribution in [0, 0.1) is 0 Å². The Hall–Kier alpha value is -2.76. The number of rotatable bonds is 3. The number of aromatic nitrogens is 1. The zero-order valence-corrected chi connectivity index (χ0v) is 14.9. The van der Waals surface area contributed by atoms with Gasteiger partial charge in [-0.3, -0.25) is 4.98 Å². The summed E-state index contributed by atoms with van der Waals surface area (Å²) in [5.74, 6) is 0. The molecular formula is C23H18NP. The van der Waals surface area contributed by atoms with E-state index in [9.17, 15) is 0 Å². The average molecular weight is 339 g/mol. The predicted molar refractivity (Wildman–Crippen MR) is 110 cm³/mol. The van der Waals surface area contributed by atoms with Crippen molar-refractivity contribution in [2.24, 2.45) is 0 Å². The second kappa shape index (κ2) is 7.01. The van der Waals surface area contributed by atoms with Gasteiger partial charge in [0.2, 0.25) is 0 Å². The Morgan fingerprint density at radius 2 is 0.960 bits per heavy atom. The summed E-state index contributed by atoms with van der Waals surface area (Å²) in [6.45, 7) is 0. The molecule has 0 fully saturated rings. The Morgan fingerprint density at radius 1 is 0.520 bits per heavy atom. The zero-order valence-electron chi connectivity index (χ0n) is 13.8. The lowest BCUT2D eigenvalue weighted by Gasteiger charge is -2.17. The van der Waals surface area contributed by atoms with Gasteiger partial charge in [-0.25, -0.2) is 0 Å². The van der Waals surface area contributed by atoms with Crippen molar-refractivity contribution in [2.45, 2.75) is 0 Å². The minimum atomic E-state index is 0.963. The van der Waals surface area contributed by atoms with E-state index in [4.69, 9.17) is 0 Å². The summed E-state index contributed by atoms with van der Waals surface area (Å²) in [5, 5.41) is 0. The quantitative estimate of drug-likeness (QED) is 0.444. The zero-order chi connectivity index (χ0) is 17.1. The Kier molecular flexibility index (Phi) is 4.41. The molecule has 4 rings (SSSR count). The lowest BCUT2D eigenvalue weighted by atomic mass is 9.90. The lowest BCUT2D eigenvalue weighted by Crippen LogP contribution is -2.06. The molecule has 3 aromatic carbocycles. The van der Waals surface area contributed by atoms with Gasteiger partial charge in [-0.1, -0.05) is 100 Å². The lowest BCUT2D eigenvalue weighted by molar-refractivity contribution is 1.38. The summed E-state index contributed by atoms with van der Waals surface area (Å²) in [4.78, 5) is 4.68. The van der Waals surface area contributed by atoms with Gasteiger partial charge in [0.05, 0.1) is 5.44 Å². The van der Waals surface area contributed by atoms with E-state index < -0.39 is 0 Å². The van der Waals surface area contributed by atoms with Crippen LogP contribution in [0.1, 0.15) is 0 Å². The fourth-order valence-electron chi connectivity index (χ4n) is 3.16. The van der Waals surface area contributed by atoms with E-state index in [1.54, 1.807) is 0 Å². The van der Waals surface area contributed by atoms with Gasteiger partial charge in [0.15, 0.2) is 0 Å². The van der Waals surface area contributed by atoms with Gasteiger partial charge in [-0.15, -0.1) is 0 Å². The predicted octanol–water partition coefficient (Wildman–Crippen LogP) is 5.58. The van der Waals surface area contributed by atoms with E-state index >= 15 is 0 Å². The van der Waals surface area contributed by atoms with Gasteiger partial charge >= 0.3 is 0 Å². The standard InChI is InChI=1S/C23H18NP/c25-23-22(19-14-8-3-9-15-19)21(18-12-6-2-7-13-18)20(16-24-23)17-10-4-1-5-11-17/h1-16H,25H2. The molecule has 25 heavy (non-hydrogen) atoms. The third-order valence-corrected chi connectivity index (χ3v) is 4.76. The summed E-state index contributed by atoms with van der Waals surface area (Å²) < 4.78 is 0. The van der Waals surface area contributed by atoms with Crippen LogP contribution in [0.2, 0.25) is 0 Å². The van der Waals surface area contributed by atoms with Crippen molar-refractivity contribution in [3.05, 3.63) is 97.2 Å². The van der Waals surface area contributed by atoms with Gasteiger partial charge < -0.3 is 0 Å². The van der Waals surface area contributed by atoms with Gasteiger partial charge in [-0.2, -0.15) is 0 Å². The molecule has 0 aliphatic carbocycles. The van der Waals surface area contributed by atoms with Crippen LogP contribution in [0.25, 0.3) is 33.4 Å². The first-order valence-electron chi connectivity index (χ1n) is 8.29. The number of nitrogens with zero attached hydrogens (tertiary/aromatic N) is 1. The molecule has 1 atom stereocenters. The molecule has 4 aromatic rings. The van der Waals surface area contributed by atoms with E-state index in [2.05, 4.69) is 93.1 Å². The molecule has 1 heterocycles. The number of hydrogen-bond acceptors (Lipinski definition) is 1. The summed E-state index contributed by atoms with van der Waals surface area (Å²) >= 11 is 0. The van der Waals surface area contributed by atoms with Gasteiger partial charge in [0.1, 0.15) is 0 Å². The summed E-state index contributed by atoms with van der Waals surface area (Å²) in [6.07, 6.45) is 1.98. The molecule has 0 saturated carbocycles. The monoisotopic (exact) mass is 339 g/mol. The minimum absolute atomic E-state index is 0.963. The molecule has 2 heteroatoms. The molecule has 120 valence electrons. The highest BCUT2D eigenvalue weighted by molar-refractivity contribution is 7.27. The normalized spacial score (nSPS) is 10.6. The highest BCUT2D eigenvalue weighted by Crippen LogP contribution is 2.38. The van der Waals surface area contributed by atoms with Crippen molar-refractivity contribution >= 4 is 14.7 Å². The van der Waals surface area contributed by atoms with Crippen LogP contribution < -0.4 is 5.44 Å². The summed E-state index contributed by atoms with van der Waals surface area (Å²) in [7, 11) is 2.79. The maximum absolute atomic E-state index is 4.68. The van der Waals surface area contributed by atoms with Crippen molar-refractivity contribution in [1.29, 1.82) is 0 Å². The van der Waals surface area contributed by atoms with Crippen LogP contribution >= 0.6 is 9.24 Å². The Morgan fingerprint density at radius 3 is 1.48 bits per heavy atom. The molecule has 0 radical (unpaired) electrons. The molecule has 0 spiro atoms. The molecule has 1 aromatic heterocycles. The van der Waals surface area contributed by atoms with Crippen molar-refractivity contribution < 1.29 is 0 Å². The molecule has 1 nitrogen and oxygen atoms in total. The first-order valence-corrected chi connectivity index (χ1v) is 8.87. The SMILES string of the molecule is Pc1ncc(-c2ccccc2)c(-c2ccccc2)c1-c1ccccc1. The van der Waals surface area contributed by atoms with E-state index in [1.165, 1.54) is 22.3 Å². The molecule has 0 aliphatic rings. The Labute approximate surface area is 150 Å². The molecule has 1 unspecified atom stereocenters. The van der Waals surface area contributed by atoms with Crippen molar-refractivity contribution in [3.8, 4) is 33.4 Å². The molecular weight excluding hydrogens is 321 g/mol. The Balaban J connectivity index is 2.08. The van der Waals surface area contributed by atoms with E-state index in [1.807, 2.05) is 18.3 Å². The van der Waals surface area contributed by atoms with Crippen LogP contribution in [0.4, 0.5) is 0 Å². The van der Waals surface area contributed by atoms with E-state index in [0.29, 0.717) is 0 Å². The van der Waals surface area contributed by atoms with Crippen LogP contribution in [0.5, 0.6) is 0 Å². The first-order chi connectivity index (χ1) is 12.3. The third-order valence-electron chi connectivity index (χ3n) is 4.32. The minimum Gasteiger partial charge on any atom is -0.256 e. The first kappa shape index (κ1) is 15.7. The number of pyridine rings is 1. The van der Waals surface area contributed by atoms with Gasteiger partial charge in [0, 0.05) is 22.9 Å². The van der Waals surface area contributed by atoms with Crippen LogP contribution in [0.3, 0.4) is 0 Å². The smallest absolute Gasteiger partial charge is 0.0653 e. The van der Waals surface area contributed by atoms with Crippen molar-refractivity contribution in [1.82, 2.24) is 4.98 Å². The van der Waals surface area contributed by atoms with Crippen LogP contribution in [0.15, 0.2) is 97.2 Å². The molecule has 0 bridgehead atoms. The summed E-state index contributed by atoms with van der Waals surface area (Å²) in [6, 6.07) is 31.5. The fraction of sp³-hybridized carbons (Fsp3) is 0. The van der Waals surface area contributed by atoms with Crippen molar-refractivity contribution in [3.63, 3.8) is 0 Å². The second-order valence-corrected chi connectivity index (χ2v) is 6.45. The maximum Gasteiger partial charge on any atom is 0.0653 e. The van der Waals surface area contributed by atoms with Crippen LogP contribution in [-0.4, -0.2) is 4.98 Å². The highest BCUT2D eigenvalue weighted by atomic mass is 31.0. The number of hydrogen-bond donors (Lipinski definition) is 0. The van der Waals surface area contributed by atoms with Gasteiger partial charge in [0.25, 0.3) is 0 Å². The third kappa shape index (κ3) is 3.12. The molecule has 0 N–H and O–H groups in total. The second-order valence-electron chi connectivity index (χ2n) is 5.91.